The zero-order valence-electron chi connectivity index (χ0n) is 11.4. The van der Waals surface area contributed by atoms with Gasteiger partial charge in [-0.3, -0.25) is 4.79 Å². The van der Waals surface area contributed by atoms with E-state index in [1.165, 1.54) is 14.0 Å². The number of Topliss-reactive ketones (excluding diaryl/α,β-unsaturated/α-hetero) is 1. The van der Waals surface area contributed by atoms with Crippen LogP contribution in [0.1, 0.15) is 31.1 Å². The van der Waals surface area contributed by atoms with E-state index in [9.17, 15) is 4.79 Å². The summed E-state index contributed by atoms with van der Waals surface area (Å²) in [4.78, 5) is 11.7. The van der Waals surface area contributed by atoms with Crippen molar-refractivity contribution in [3.8, 4) is 11.5 Å². The van der Waals surface area contributed by atoms with Gasteiger partial charge < -0.3 is 14.2 Å². The fourth-order valence-corrected chi connectivity index (χ4v) is 1.66. The number of carbonyl (C=O) groups is 1. The summed E-state index contributed by atoms with van der Waals surface area (Å²) in [6.07, 6.45) is -0.116. The van der Waals surface area contributed by atoms with E-state index in [1.54, 1.807) is 18.2 Å². The number of rotatable bonds is 7. The number of hydrogen-bond acceptors (Lipinski definition) is 4. The molecule has 0 N–H and O–H groups in total. The van der Waals surface area contributed by atoms with Crippen LogP contribution in [0.4, 0.5) is 0 Å². The van der Waals surface area contributed by atoms with Gasteiger partial charge in [0.2, 0.25) is 0 Å². The molecule has 1 aromatic carbocycles. The molecule has 100 valence electrons. The third-order valence-corrected chi connectivity index (χ3v) is 2.44. The van der Waals surface area contributed by atoms with Crippen molar-refractivity contribution in [3.05, 3.63) is 23.8 Å². The molecule has 4 heteroatoms. The Morgan fingerprint density at radius 3 is 2.56 bits per heavy atom. The van der Waals surface area contributed by atoms with Crippen molar-refractivity contribution in [3.63, 3.8) is 0 Å². The fraction of sp³-hybridized carbons (Fsp3) is 0.500. The van der Waals surface area contributed by atoms with Crippen molar-refractivity contribution in [2.24, 2.45) is 0 Å². The molecule has 0 heterocycles. The van der Waals surface area contributed by atoms with Crippen LogP contribution in [0.5, 0.6) is 11.5 Å². The molecule has 0 radical (unpaired) electrons. The molecule has 0 aliphatic carbocycles. The number of methoxy groups -OCH3 is 1. The standard InChI is InChI=1S/C14H20O4/c1-5-17-9-10(2)18-13-8-6-7-12(16-4)14(13)11(3)15/h6-8,10H,5,9H2,1-4H3. The minimum absolute atomic E-state index is 0.0777. The summed E-state index contributed by atoms with van der Waals surface area (Å²) in [6.45, 7) is 6.46. The Balaban J connectivity index is 2.90. The van der Waals surface area contributed by atoms with Crippen LogP contribution in [0.3, 0.4) is 0 Å². The first-order chi connectivity index (χ1) is 8.60. The maximum absolute atomic E-state index is 11.7. The van der Waals surface area contributed by atoms with Gasteiger partial charge in [-0.05, 0) is 32.9 Å². The second-order valence-electron chi connectivity index (χ2n) is 3.98. The summed E-state index contributed by atoms with van der Waals surface area (Å²) < 4.78 is 16.2. The minimum atomic E-state index is -0.116. The fourth-order valence-electron chi connectivity index (χ4n) is 1.66. The summed E-state index contributed by atoms with van der Waals surface area (Å²) in [5.41, 5.74) is 0.475. The van der Waals surface area contributed by atoms with Crippen molar-refractivity contribution in [1.82, 2.24) is 0 Å². The molecule has 1 aromatic rings. The van der Waals surface area contributed by atoms with Gasteiger partial charge in [0.05, 0.1) is 13.7 Å². The Bertz CT molecular complexity index is 401. The van der Waals surface area contributed by atoms with Crippen LogP contribution in [0.2, 0.25) is 0 Å². The van der Waals surface area contributed by atoms with Gasteiger partial charge in [-0.1, -0.05) is 6.07 Å². The van der Waals surface area contributed by atoms with Crippen molar-refractivity contribution < 1.29 is 19.0 Å². The van der Waals surface area contributed by atoms with Crippen molar-refractivity contribution in [2.75, 3.05) is 20.3 Å². The van der Waals surface area contributed by atoms with E-state index < -0.39 is 0 Å². The average Bonchev–Trinajstić information content (AvgIpc) is 2.35. The summed E-state index contributed by atoms with van der Waals surface area (Å²) in [6, 6.07) is 5.31. The highest BCUT2D eigenvalue weighted by Crippen LogP contribution is 2.29. The molecule has 0 aliphatic rings. The molecule has 0 aliphatic heterocycles. The lowest BCUT2D eigenvalue weighted by atomic mass is 10.1. The van der Waals surface area contributed by atoms with Crippen molar-refractivity contribution in [2.45, 2.75) is 26.9 Å². The Morgan fingerprint density at radius 1 is 1.33 bits per heavy atom. The topological polar surface area (TPSA) is 44.8 Å². The van der Waals surface area contributed by atoms with Crippen LogP contribution >= 0.6 is 0 Å². The average molecular weight is 252 g/mol. The second-order valence-corrected chi connectivity index (χ2v) is 3.98. The van der Waals surface area contributed by atoms with Gasteiger partial charge in [-0.2, -0.15) is 0 Å². The molecule has 0 saturated carbocycles. The summed E-state index contributed by atoms with van der Waals surface area (Å²) in [5.74, 6) is 0.990. The molecule has 0 amide bonds. The lowest BCUT2D eigenvalue weighted by Crippen LogP contribution is -2.20. The molecule has 1 atom stereocenters. The molecular weight excluding hydrogens is 232 g/mol. The third kappa shape index (κ3) is 3.74. The number of benzene rings is 1. The third-order valence-electron chi connectivity index (χ3n) is 2.44. The van der Waals surface area contributed by atoms with Gasteiger partial charge in [0.15, 0.2) is 5.78 Å². The van der Waals surface area contributed by atoms with Crippen molar-refractivity contribution >= 4 is 5.78 Å². The van der Waals surface area contributed by atoms with Gasteiger partial charge >= 0.3 is 0 Å². The highest BCUT2D eigenvalue weighted by atomic mass is 16.5. The smallest absolute Gasteiger partial charge is 0.167 e. The minimum Gasteiger partial charge on any atom is -0.496 e. The van der Waals surface area contributed by atoms with Gasteiger partial charge in [-0.15, -0.1) is 0 Å². The Morgan fingerprint density at radius 2 is 2.00 bits per heavy atom. The summed E-state index contributed by atoms with van der Waals surface area (Å²) in [5, 5.41) is 0. The number of ketones is 1. The molecule has 1 rings (SSSR count). The van der Waals surface area contributed by atoms with Crippen molar-refractivity contribution in [1.29, 1.82) is 0 Å². The van der Waals surface area contributed by atoms with E-state index >= 15 is 0 Å². The monoisotopic (exact) mass is 252 g/mol. The maximum Gasteiger partial charge on any atom is 0.167 e. The first-order valence-corrected chi connectivity index (χ1v) is 6.02. The van der Waals surface area contributed by atoms with Crippen LogP contribution in [0.25, 0.3) is 0 Å². The summed E-state index contributed by atoms with van der Waals surface area (Å²) in [7, 11) is 1.54. The molecule has 4 nitrogen and oxygen atoms in total. The lowest BCUT2D eigenvalue weighted by Gasteiger charge is -2.17. The van der Waals surface area contributed by atoms with Gasteiger partial charge in [0, 0.05) is 6.61 Å². The number of ether oxygens (including phenoxy) is 3. The van der Waals surface area contributed by atoms with E-state index in [2.05, 4.69) is 0 Å². The Labute approximate surface area is 108 Å². The quantitative estimate of drug-likeness (QED) is 0.700. The maximum atomic E-state index is 11.7. The van der Waals surface area contributed by atoms with Crippen LogP contribution in [-0.4, -0.2) is 32.2 Å². The molecule has 0 saturated heterocycles. The summed E-state index contributed by atoms with van der Waals surface area (Å²) >= 11 is 0. The highest BCUT2D eigenvalue weighted by molar-refractivity contribution is 5.99. The first kappa shape index (κ1) is 14.5. The Hall–Kier alpha value is -1.55. The SMILES string of the molecule is CCOCC(C)Oc1cccc(OC)c1C(C)=O. The normalized spacial score (nSPS) is 12.0. The predicted molar refractivity (Wildman–Crippen MR) is 69.6 cm³/mol. The molecule has 0 aromatic heterocycles. The van der Waals surface area contributed by atoms with Gasteiger partial charge in [0.25, 0.3) is 0 Å². The second kappa shape index (κ2) is 7.01. The molecular formula is C14H20O4. The van der Waals surface area contributed by atoms with Crippen LogP contribution < -0.4 is 9.47 Å². The molecule has 0 fully saturated rings. The lowest BCUT2D eigenvalue weighted by molar-refractivity contribution is 0.0647. The van der Waals surface area contributed by atoms with E-state index in [0.717, 1.165) is 0 Å². The number of carbonyl (C=O) groups excluding carboxylic acids is 1. The van der Waals surface area contributed by atoms with Gasteiger partial charge in [-0.25, -0.2) is 0 Å². The largest absolute Gasteiger partial charge is 0.496 e. The van der Waals surface area contributed by atoms with Crippen LogP contribution in [-0.2, 0) is 4.74 Å². The first-order valence-electron chi connectivity index (χ1n) is 6.02. The zero-order valence-corrected chi connectivity index (χ0v) is 11.4. The molecule has 0 bridgehead atoms. The zero-order chi connectivity index (χ0) is 13.5. The van der Waals surface area contributed by atoms with E-state index in [1.807, 2.05) is 13.8 Å². The predicted octanol–water partition coefficient (Wildman–Crippen LogP) is 2.70. The van der Waals surface area contributed by atoms with Crippen LogP contribution in [0.15, 0.2) is 18.2 Å². The molecule has 0 spiro atoms. The van der Waals surface area contributed by atoms with Gasteiger partial charge in [0.1, 0.15) is 23.2 Å². The van der Waals surface area contributed by atoms with E-state index in [4.69, 9.17) is 14.2 Å². The highest BCUT2D eigenvalue weighted by Gasteiger charge is 2.16. The van der Waals surface area contributed by atoms with Crippen LogP contribution in [0, 0.1) is 0 Å². The number of hydrogen-bond donors (Lipinski definition) is 0. The Kier molecular flexibility index (Phi) is 5.65. The molecule has 1 unspecified atom stereocenters. The molecule has 18 heavy (non-hydrogen) atoms. The van der Waals surface area contributed by atoms with E-state index in [-0.39, 0.29) is 11.9 Å². The van der Waals surface area contributed by atoms with E-state index in [0.29, 0.717) is 30.3 Å².